The van der Waals surface area contributed by atoms with Gasteiger partial charge in [-0.25, -0.2) is 0 Å². The smallest absolute Gasteiger partial charge is 0.320 e. The van der Waals surface area contributed by atoms with Crippen molar-refractivity contribution < 1.29 is 28.8 Å². The van der Waals surface area contributed by atoms with Gasteiger partial charge in [-0.15, -0.1) is 0 Å². The fourth-order valence-corrected chi connectivity index (χ4v) is 6.48. The van der Waals surface area contributed by atoms with Gasteiger partial charge in [0.25, 0.3) is 0 Å². The maximum Gasteiger partial charge on any atom is 0.320 e. The van der Waals surface area contributed by atoms with Crippen LogP contribution in [0.2, 0.25) is 0 Å². The van der Waals surface area contributed by atoms with E-state index in [1.54, 1.807) is 18.2 Å². The molecule has 0 radical (unpaired) electrons. The van der Waals surface area contributed by atoms with E-state index >= 15 is 0 Å². The Morgan fingerprint density at radius 2 is 1.70 bits per heavy atom. The summed E-state index contributed by atoms with van der Waals surface area (Å²) in [4.78, 5) is 14.0. The van der Waals surface area contributed by atoms with Gasteiger partial charge < -0.3 is 24.1 Å². The van der Waals surface area contributed by atoms with Crippen molar-refractivity contribution in [2.75, 3.05) is 19.8 Å². The molecule has 1 N–H and O–H groups in total. The molecule has 9 nitrogen and oxygen atoms in total. The van der Waals surface area contributed by atoms with Gasteiger partial charge in [0.15, 0.2) is 11.5 Å². The lowest BCUT2D eigenvalue weighted by atomic mass is 9.96. The van der Waals surface area contributed by atoms with E-state index < -0.39 is 12.0 Å². The molecule has 6 rings (SSSR count). The Hall–Kier alpha value is -5.03. The maximum absolute atomic E-state index is 12.0. The van der Waals surface area contributed by atoms with Gasteiger partial charge in [0.1, 0.15) is 50.0 Å². The maximum atomic E-state index is 12.0. The van der Waals surface area contributed by atoms with E-state index in [-0.39, 0.29) is 13.2 Å². The molecule has 2 aliphatic rings. The number of piperidine rings is 1. The Morgan fingerprint density at radius 3 is 2.51 bits per heavy atom. The number of aliphatic carboxylic acids is 1. The lowest BCUT2D eigenvalue weighted by molar-refractivity contribution is -0.144. The van der Waals surface area contributed by atoms with Crippen molar-refractivity contribution in [1.29, 1.82) is 10.5 Å². The van der Waals surface area contributed by atoms with Crippen molar-refractivity contribution in [3.8, 4) is 46.3 Å². The molecule has 0 amide bonds. The van der Waals surface area contributed by atoms with E-state index in [0.717, 1.165) is 35.1 Å². The van der Waals surface area contributed by atoms with Crippen LogP contribution in [0.15, 0.2) is 77.3 Å². The second kappa shape index (κ2) is 14.6. The minimum atomic E-state index is -0.828. The van der Waals surface area contributed by atoms with Crippen LogP contribution in [0.5, 0.6) is 23.0 Å². The third kappa shape index (κ3) is 7.36. The van der Waals surface area contributed by atoms with E-state index in [1.165, 1.54) is 0 Å². The Morgan fingerprint density at radius 1 is 0.894 bits per heavy atom. The number of carboxylic acids is 1. The summed E-state index contributed by atoms with van der Waals surface area (Å²) in [6, 6.07) is 26.2. The molecule has 0 saturated carbocycles. The second-order valence-corrected chi connectivity index (χ2v) is 12.3. The van der Waals surface area contributed by atoms with Gasteiger partial charge in [-0.1, -0.05) is 42.8 Å². The summed E-state index contributed by atoms with van der Waals surface area (Å²) in [7, 11) is 0. The number of carboxylic acid groups (broad SMARTS) is 1. The fraction of sp³-hybridized carbons (Fsp3) is 0.270. The number of nitriles is 2. The van der Waals surface area contributed by atoms with E-state index in [1.807, 2.05) is 59.5 Å². The van der Waals surface area contributed by atoms with E-state index in [9.17, 15) is 20.4 Å². The summed E-state index contributed by atoms with van der Waals surface area (Å²) in [6.07, 6.45) is 2.40. The highest BCUT2D eigenvalue weighted by Gasteiger charge is 2.29. The highest BCUT2D eigenvalue weighted by Crippen LogP contribution is 2.38. The van der Waals surface area contributed by atoms with Crippen LogP contribution < -0.4 is 18.9 Å². The molecular weight excluding hydrogens is 662 g/mol. The van der Waals surface area contributed by atoms with Crippen LogP contribution in [0, 0.1) is 22.7 Å². The van der Waals surface area contributed by atoms with Crippen molar-refractivity contribution >= 4 is 21.9 Å². The van der Waals surface area contributed by atoms with Gasteiger partial charge in [-0.2, -0.15) is 10.5 Å². The Kier molecular flexibility index (Phi) is 9.92. The molecule has 0 bridgehead atoms. The van der Waals surface area contributed by atoms with Crippen LogP contribution in [0.1, 0.15) is 47.1 Å². The molecule has 4 aromatic carbocycles. The summed E-state index contributed by atoms with van der Waals surface area (Å²) in [6.45, 7) is 2.37. The molecule has 1 fully saturated rings. The first-order valence-corrected chi connectivity index (χ1v) is 16.2. The molecule has 10 heteroatoms. The van der Waals surface area contributed by atoms with Gasteiger partial charge in [-0.3, -0.25) is 9.69 Å². The van der Waals surface area contributed by atoms with Crippen LogP contribution in [0.3, 0.4) is 0 Å². The zero-order valence-electron chi connectivity index (χ0n) is 25.6. The molecule has 1 atom stereocenters. The van der Waals surface area contributed by atoms with Crippen LogP contribution in [-0.4, -0.2) is 41.8 Å². The summed E-state index contributed by atoms with van der Waals surface area (Å²) in [5, 5.41) is 29.4. The molecule has 1 unspecified atom stereocenters. The van der Waals surface area contributed by atoms with Gasteiger partial charge in [0.05, 0.1) is 21.7 Å². The molecule has 4 aromatic rings. The van der Waals surface area contributed by atoms with Crippen molar-refractivity contribution in [2.24, 2.45) is 0 Å². The zero-order valence-corrected chi connectivity index (χ0v) is 27.2. The van der Waals surface area contributed by atoms with Crippen molar-refractivity contribution in [3.63, 3.8) is 0 Å². The number of carbonyl (C=O) groups is 1. The predicted molar refractivity (Wildman–Crippen MR) is 177 cm³/mol. The quantitative estimate of drug-likeness (QED) is 0.183. The molecule has 0 aliphatic carbocycles. The molecule has 2 heterocycles. The van der Waals surface area contributed by atoms with Crippen molar-refractivity contribution in [2.45, 2.75) is 45.1 Å². The van der Waals surface area contributed by atoms with E-state index in [4.69, 9.17) is 18.9 Å². The Labute approximate surface area is 281 Å². The van der Waals surface area contributed by atoms with Crippen LogP contribution in [0.4, 0.5) is 0 Å². The number of nitrogens with zero attached hydrogens (tertiary/aromatic N) is 3. The number of rotatable bonds is 10. The molecule has 47 heavy (non-hydrogen) atoms. The van der Waals surface area contributed by atoms with Gasteiger partial charge >= 0.3 is 5.97 Å². The normalized spacial score (nSPS) is 15.7. The zero-order chi connectivity index (χ0) is 32.8. The summed E-state index contributed by atoms with van der Waals surface area (Å²) >= 11 is 3.66. The minimum Gasteiger partial charge on any atom is -0.488 e. The summed E-state index contributed by atoms with van der Waals surface area (Å²) in [5.74, 6) is 1.56. The number of benzene rings is 4. The Balaban J connectivity index is 1.27. The number of likely N-dealkylation sites (tertiary alicyclic amines) is 1. The fourth-order valence-electron chi connectivity index (χ4n) is 5.97. The van der Waals surface area contributed by atoms with E-state index in [0.29, 0.717) is 76.9 Å². The van der Waals surface area contributed by atoms with Gasteiger partial charge in [-0.05, 0) is 82.3 Å². The van der Waals surface area contributed by atoms with Crippen LogP contribution in [-0.2, 0) is 24.6 Å². The molecule has 238 valence electrons. The lowest BCUT2D eigenvalue weighted by Gasteiger charge is -2.33. The van der Waals surface area contributed by atoms with Crippen molar-refractivity contribution in [3.05, 3.63) is 105 Å². The van der Waals surface area contributed by atoms with E-state index in [2.05, 4.69) is 28.1 Å². The number of fused-ring (bicyclic) bond motifs is 1. The third-order valence-corrected chi connectivity index (χ3v) is 8.96. The average molecular weight is 695 g/mol. The SMILES string of the molecule is N#Cc1cccc(COc2cc(OCc3cccc(-c4ccc5c(c4)OCCO5)c3C#N)c(Br)cc2CN2CCCCC2C(=O)O)c1. The molecular formula is C37H32BrN3O6. The first kappa shape index (κ1) is 31.9. The topological polar surface area (TPSA) is 125 Å². The predicted octanol–water partition coefficient (Wildman–Crippen LogP) is 7.23. The standard InChI is InChI=1S/C37H32BrN3O6/c38-31-16-28(21-41-12-2-1-9-32(41)37(42)43)34(46-22-25-6-3-5-24(15-25)19-39)18-35(31)47-23-27-7-4-8-29(30(27)20-40)26-10-11-33-36(17-26)45-14-13-44-33/h3-8,10-11,15-18,32H,1-2,9,12-14,21-23H2,(H,42,43). The molecule has 0 spiro atoms. The van der Waals surface area contributed by atoms with Gasteiger partial charge in [0.2, 0.25) is 0 Å². The number of hydrogen-bond acceptors (Lipinski definition) is 8. The molecule has 2 aliphatic heterocycles. The third-order valence-electron chi connectivity index (χ3n) is 8.34. The number of hydrogen-bond donors (Lipinski definition) is 1. The lowest BCUT2D eigenvalue weighted by Crippen LogP contribution is -2.44. The highest BCUT2D eigenvalue weighted by molar-refractivity contribution is 9.10. The second-order valence-electron chi connectivity index (χ2n) is 11.4. The van der Waals surface area contributed by atoms with Gasteiger partial charge in [0, 0.05) is 23.7 Å². The number of ether oxygens (including phenoxy) is 4. The Bertz CT molecular complexity index is 1880. The minimum absolute atomic E-state index is 0.121. The highest BCUT2D eigenvalue weighted by atomic mass is 79.9. The summed E-state index contributed by atoms with van der Waals surface area (Å²) in [5.41, 5.74) is 4.99. The van der Waals surface area contributed by atoms with Crippen LogP contribution >= 0.6 is 15.9 Å². The molecule has 0 aromatic heterocycles. The first-order valence-electron chi connectivity index (χ1n) is 15.4. The van der Waals surface area contributed by atoms with Crippen molar-refractivity contribution in [1.82, 2.24) is 4.90 Å². The monoisotopic (exact) mass is 693 g/mol. The number of halogens is 1. The first-order chi connectivity index (χ1) is 22.9. The molecule has 1 saturated heterocycles. The average Bonchev–Trinajstić information content (AvgIpc) is 3.10. The van der Waals surface area contributed by atoms with Crippen LogP contribution in [0.25, 0.3) is 11.1 Å². The summed E-state index contributed by atoms with van der Waals surface area (Å²) < 4.78 is 24.7. The largest absolute Gasteiger partial charge is 0.488 e.